The quantitative estimate of drug-likeness (QED) is 0.757. The molecule has 1 fully saturated rings. The Kier molecular flexibility index (Phi) is 3.04. The zero-order chi connectivity index (χ0) is 11.8. The van der Waals surface area contributed by atoms with Crippen LogP contribution < -0.4 is 10.6 Å². The molecule has 0 aromatic heterocycles. The highest BCUT2D eigenvalue weighted by molar-refractivity contribution is 5.22. The van der Waals surface area contributed by atoms with Crippen molar-refractivity contribution in [3.63, 3.8) is 0 Å². The van der Waals surface area contributed by atoms with Crippen LogP contribution in [0.4, 0.5) is 0 Å². The average molecular weight is 218 g/mol. The third-order valence-corrected chi connectivity index (χ3v) is 3.30. The topological polar surface area (TPSA) is 24.1 Å². The van der Waals surface area contributed by atoms with Gasteiger partial charge in [-0.3, -0.25) is 10.6 Å². The zero-order valence-corrected chi connectivity index (χ0v) is 10.6. The smallest absolute Gasteiger partial charge is 0.0629 e. The molecule has 1 aromatic carbocycles. The van der Waals surface area contributed by atoms with E-state index in [2.05, 4.69) is 68.7 Å². The summed E-state index contributed by atoms with van der Waals surface area (Å²) in [4.78, 5) is 0. The molecule has 3 atom stereocenters. The van der Waals surface area contributed by atoms with E-state index in [4.69, 9.17) is 0 Å². The number of nitrogens with one attached hydrogen (secondary N) is 2. The van der Waals surface area contributed by atoms with Gasteiger partial charge in [-0.1, -0.05) is 51.1 Å². The van der Waals surface area contributed by atoms with Crippen LogP contribution in [-0.4, -0.2) is 12.2 Å². The lowest BCUT2D eigenvalue weighted by Crippen LogP contribution is -2.43. The number of benzene rings is 1. The molecule has 0 spiro atoms. The zero-order valence-electron chi connectivity index (χ0n) is 10.6. The molecule has 2 heteroatoms. The first-order valence-electron chi connectivity index (χ1n) is 6.05. The maximum absolute atomic E-state index is 3.69. The molecule has 2 N–H and O–H groups in total. The van der Waals surface area contributed by atoms with Crippen LogP contribution in [0.3, 0.4) is 0 Å². The third-order valence-electron chi connectivity index (χ3n) is 3.30. The molecule has 2 nitrogen and oxygen atoms in total. The normalized spacial score (nSPS) is 30.6. The fourth-order valence-electron chi connectivity index (χ4n) is 2.28. The van der Waals surface area contributed by atoms with E-state index in [9.17, 15) is 0 Å². The highest BCUT2D eigenvalue weighted by Gasteiger charge is 2.36. The highest BCUT2D eigenvalue weighted by atomic mass is 15.3. The number of hydrogen-bond acceptors (Lipinski definition) is 2. The summed E-state index contributed by atoms with van der Waals surface area (Å²) in [6.45, 7) is 9.03. The van der Waals surface area contributed by atoms with E-state index in [-0.39, 0.29) is 5.41 Å². The summed E-state index contributed by atoms with van der Waals surface area (Å²) in [5.41, 5.74) is 1.62. The Bertz CT molecular complexity index is 340. The molecule has 0 bridgehead atoms. The van der Waals surface area contributed by atoms with Gasteiger partial charge in [-0.25, -0.2) is 0 Å². The van der Waals surface area contributed by atoms with Crippen molar-refractivity contribution in [1.29, 1.82) is 0 Å². The molecule has 0 amide bonds. The van der Waals surface area contributed by atoms with E-state index in [1.54, 1.807) is 0 Å². The third kappa shape index (κ3) is 2.28. The van der Waals surface area contributed by atoms with Gasteiger partial charge in [-0.15, -0.1) is 0 Å². The van der Waals surface area contributed by atoms with Gasteiger partial charge < -0.3 is 0 Å². The first-order valence-corrected chi connectivity index (χ1v) is 6.05. The van der Waals surface area contributed by atoms with Crippen molar-refractivity contribution in [1.82, 2.24) is 10.6 Å². The Morgan fingerprint density at radius 3 is 2.12 bits per heavy atom. The van der Waals surface area contributed by atoms with Crippen molar-refractivity contribution in [2.24, 2.45) is 5.41 Å². The van der Waals surface area contributed by atoms with Gasteiger partial charge >= 0.3 is 0 Å². The molecule has 3 unspecified atom stereocenters. The monoisotopic (exact) mass is 218 g/mol. The Morgan fingerprint density at radius 1 is 1.00 bits per heavy atom. The average Bonchev–Trinajstić information content (AvgIpc) is 2.61. The van der Waals surface area contributed by atoms with Gasteiger partial charge in [0.15, 0.2) is 0 Å². The minimum absolute atomic E-state index is 0.248. The molecule has 88 valence electrons. The van der Waals surface area contributed by atoms with Gasteiger partial charge in [0.1, 0.15) is 0 Å². The van der Waals surface area contributed by atoms with E-state index in [0.717, 1.165) is 0 Å². The molecule has 1 aliphatic rings. The van der Waals surface area contributed by atoms with Gasteiger partial charge in [0.2, 0.25) is 0 Å². The first-order chi connectivity index (χ1) is 7.48. The largest absolute Gasteiger partial charge is 0.297 e. The Morgan fingerprint density at radius 2 is 1.62 bits per heavy atom. The van der Waals surface area contributed by atoms with Crippen molar-refractivity contribution in [2.45, 2.75) is 45.9 Å². The fraction of sp³-hybridized carbons (Fsp3) is 0.571. The molecule has 2 rings (SSSR count). The predicted octanol–water partition coefficient (Wildman–Crippen LogP) is 2.68. The van der Waals surface area contributed by atoms with Crippen molar-refractivity contribution < 1.29 is 0 Å². The summed E-state index contributed by atoms with van der Waals surface area (Å²) in [5.74, 6) is 0. The summed E-state index contributed by atoms with van der Waals surface area (Å²) in [6.07, 6.45) is 0.382. The van der Waals surface area contributed by atoms with E-state index < -0.39 is 0 Å². The standard InChI is InChI=1S/C14H22N2/c1-10-12(11-8-6-5-7-9-11)16-13(15-10)14(2,3)4/h5-10,12-13,15-16H,1-4H3. The lowest BCUT2D eigenvalue weighted by Gasteiger charge is -2.27. The number of rotatable bonds is 1. The SMILES string of the molecule is CC1NC(C(C)(C)C)NC1c1ccccc1. The van der Waals surface area contributed by atoms with E-state index >= 15 is 0 Å². The molecule has 1 aromatic rings. The molecule has 0 aliphatic carbocycles. The Labute approximate surface area is 98.4 Å². The van der Waals surface area contributed by atoms with Crippen LogP contribution in [0.15, 0.2) is 30.3 Å². The molecular weight excluding hydrogens is 196 g/mol. The predicted molar refractivity (Wildman–Crippen MR) is 68.2 cm³/mol. The minimum Gasteiger partial charge on any atom is -0.297 e. The second-order valence-electron chi connectivity index (χ2n) is 5.81. The second-order valence-corrected chi connectivity index (χ2v) is 5.81. The fourth-order valence-corrected chi connectivity index (χ4v) is 2.28. The van der Waals surface area contributed by atoms with Gasteiger partial charge in [-0.2, -0.15) is 0 Å². The molecule has 1 heterocycles. The molecule has 16 heavy (non-hydrogen) atoms. The minimum atomic E-state index is 0.248. The molecule has 1 aliphatic heterocycles. The van der Waals surface area contributed by atoms with Crippen molar-refractivity contribution >= 4 is 0 Å². The molecule has 0 saturated carbocycles. The van der Waals surface area contributed by atoms with E-state index in [0.29, 0.717) is 18.2 Å². The Balaban J connectivity index is 2.15. The van der Waals surface area contributed by atoms with E-state index in [1.165, 1.54) is 5.56 Å². The van der Waals surface area contributed by atoms with Gasteiger partial charge in [0.25, 0.3) is 0 Å². The van der Waals surface area contributed by atoms with Crippen LogP contribution in [0.25, 0.3) is 0 Å². The molecule has 1 saturated heterocycles. The van der Waals surface area contributed by atoms with Crippen molar-refractivity contribution in [2.75, 3.05) is 0 Å². The van der Waals surface area contributed by atoms with Gasteiger partial charge in [-0.05, 0) is 17.9 Å². The van der Waals surface area contributed by atoms with Crippen LogP contribution in [0.2, 0.25) is 0 Å². The van der Waals surface area contributed by atoms with Crippen LogP contribution in [0.5, 0.6) is 0 Å². The highest BCUT2D eigenvalue weighted by Crippen LogP contribution is 2.29. The van der Waals surface area contributed by atoms with Gasteiger partial charge in [0.05, 0.1) is 6.17 Å². The van der Waals surface area contributed by atoms with Crippen molar-refractivity contribution in [3.05, 3.63) is 35.9 Å². The van der Waals surface area contributed by atoms with Crippen LogP contribution in [0.1, 0.15) is 39.3 Å². The lowest BCUT2D eigenvalue weighted by molar-refractivity contribution is 0.263. The lowest BCUT2D eigenvalue weighted by atomic mass is 9.93. The summed E-state index contributed by atoms with van der Waals surface area (Å²) in [7, 11) is 0. The van der Waals surface area contributed by atoms with Crippen molar-refractivity contribution in [3.8, 4) is 0 Å². The Hall–Kier alpha value is -0.860. The number of hydrogen-bond donors (Lipinski definition) is 2. The first kappa shape index (κ1) is 11.6. The molecular formula is C14H22N2. The summed E-state index contributed by atoms with van der Waals surface area (Å²) in [5, 5.41) is 7.32. The maximum Gasteiger partial charge on any atom is 0.0629 e. The second kappa shape index (κ2) is 4.19. The maximum atomic E-state index is 3.69. The summed E-state index contributed by atoms with van der Waals surface area (Å²) in [6, 6.07) is 11.6. The molecule has 0 radical (unpaired) electrons. The van der Waals surface area contributed by atoms with Crippen LogP contribution in [-0.2, 0) is 0 Å². The van der Waals surface area contributed by atoms with Crippen LogP contribution in [0, 0.1) is 5.41 Å². The van der Waals surface area contributed by atoms with E-state index in [1.807, 2.05) is 0 Å². The van der Waals surface area contributed by atoms with Gasteiger partial charge in [0, 0.05) is 12.1 Å². The van der Waals surface area contributed by atoms with Crippen LogP contribution >= 0.6 is 0 Å². The summed E-state index contributed by atoms with van der Waals surface area (Å²) < 4.78 is 0. The summed E-state index contributed by atoms with van der Waals surface area (Å²) >= 11 is 0.